The number of carbonyl (C=O) groups excluding carboxylic acids is 1. The number of allylic oxidation sites excluding steroid dienone is 1. The van der Waals surface area contributed by atoms with Gasteiger partial charge in [0.25, 0.3) is 5.69 Å². The van der Waals surface area contributed by atoms with Crippen molar-refractivity contribution in [3.8, 4) is 28.4 Å². The molecule has 6 atom stereocenters. The second kappa shape index (κ2) is 21.5. The molecule has 0 saturated heterocycles. The molecule has 3 aliphatic rings. The molecule has 0 spiro atoms. The molecule has 13 nitrogen and oxygen atoms in total. The minimum atomic E-state index is -1.45. The van der Waals surface area contributed by atoms with E-state index in [1.54, 1.807) is 30.2 Å². The zero-order valence-electron chi connectivity index (χ0n) is 38.5. The third-order valence-electron chi connectivity index (χ3n) is 12.8. The minimum absolute atomic E-state index is 0.0120. The molecule has 4 aromatic carbocycles. The highest BCUT2D eigenvalue weighted by Crippen LogP contribution is 2.62. The number of nitrogens with zero attached hydrogens (tertiary/aromatic N) is 3. The van der Waals surface area contributed by atoms with E-state index in [4.69, 9.17) is 28.9 Å². The Morgan fingerprint density at radius 3 is 2.29 bits per heavy atom. The van der Waals surface area contributed by atoms with Crippen LogP contribution in [0.1, 0.15) is 82.8 Å². The van der Waals surface area contributed by atoms with Crippen LogP contribution in [-0.2, 0) is 20.9 Å². The van der Waals surface area contributed by atoms with Crippen LogP contribution in [-0.4, -0.2) is 77.1 Å². The molecule has 1 heterocycles. The van der Waals surface area contributed by atoms with Crippen molar-refractivity contribution in [2.45, 2.75) is 90.1 Å². The van der Waals surface area contributed by atoms with Gasteiger partial charge in [-0.25, -0.2) is 4.79 Å². The van der Waals surface area contributed by atoms with Gasteiger partial charge in [0.1, 0.15) is 29.9 Å². The second-order valence-corrected chi connectivity index (χ2v) is 18.7. The Labute approximate surface area is 387 Å². The zero-order valence-corrected chi connectivity index (χ0v) is 38.5. The van der Waals surface area contributed by atoms with Crippen molar-refractivity contribution in [3.63, 3.8) is 0 Å². The SMILES string of the molecule is C=CCOC12Oc3ccc(Oc4ccc(-c5ccccc5)cc4)cc3C3C(CCCCO)C(CCCCO)C=C(C(=NOCc4ccc([N+](=O)[O-])cc4)CC1N(C)C(=O)OCC(C)(C)C)C32. The number of nitro groups is 1. The van der Waals surface area contributed by atoms with Gasteiger partial charge in [-0.15, -0.1) is 6.58 Å². The van der Waals surface area contributed by atoms with Crippen molar-refractivity contribution >= 4 is 17.5 Å². The normalized spacial score (nSPS) is 22.5. The number of hydrogen-bond donors (Lipinski definition) is 2. The number of non-ortho nitro benzene ring substituents is 1. The van der Waals surface area contributed by atoms with E-state index in [1.165, 1.54) is 12.1 Å². The summed E-state index contributed by atoms with van der Waals surface area (Å²) in [6.07, 6.45) is 7.99. The average molecular weight is 902 g/mol. The number of ether oxygens (including phenoxy) is 4. The third kappa shape index (κ3) is 11.0. The first-order valence-corrected chi connectivity index (χ1v) is 23.0. The van der Waals surface area contributed by atoms with E-state index in [2.05, 4.69) is 30.9 Å². The van der Waals surface area contributed by atoms with E-state index in [0.29, 0.717) is 41.4 Å². The molecular formula is C53H63N3O10. The number of aliphatic hydroxyl groups is 2. The number of aliphatic hydroxyl groups excluding tert-OH is 2. The van der Waals surface area contributed by atoms with Gasteiger partial charge in [0.15, 0.2) is 0 Å². The maximum absolute atomic E-state index is 14.2. The van der Waals surface area contributed by atoms with Crippen LogP contribution in [0.5, 0.6) is 17.2 Å². The molecule has 2 N–H and O–H groups in total. The fraction of sp³-hybridized carbons (Fsp3) is 0.434. The predicted octanol–water partition coefficient (Wildman–Crippen LogP) is 11.0. The van der Waals surface area contributed by atoms with E-state index < -0.39 is 28.8 Å². The van der Waals surface area contributed by atoms with Crippen LogP contribution in [0.25, 0.3) is 11.1 Å². The second-order valence-electron chi connectivity index (χ2n) is 18.7. The van der Waals surface area contributed by atoms with E-state index in [1.807, 2.05) is 75.4 Å². The Morgan fingerprint density at radius 2 is 1.62 bits per heavy atom. The smallest absolute Gasteiger partial charge is 0.410 e. The van der Waals surface area contributed by atoms with Crippen molar-refractivity contribution in [3.05, 3.63) is 143 Å². The molecule has 1 amide bonds. The average Bonchev–Trinajstić information content (AvgIpc) is 3.31. The first-order chi connectivity index (χ1) is 31.8. The molecule has 350 valence electrons. The molecule has 7 rings (SSSR count). The summed E-state index contributed by atoms with van der Waals surface area (Å²) in [5, 5.41) is 36.1. The lowest BCUT2D eigenvalue weighted by molar-refractivity contribution is -0.384. The summed E-state index contributed by atoms with van der Waals surface area (Å²) in [6.45, 7) is 10.5. The number of rotatable bonds is 20. The van der Waals surface area contributed by atoms with E-state index >= 15 is 0 Å². The monoisotopic (exact) mass is 901 g/mol. The molecule has 6 unspecified atom stereocenters. The molecule has 1 fully saturated rings. The number of hydrogen-bond acceptors (Lipinski definition) is 11. The number of unbranched alkanes of at least 4 members (excludes halogenated alkanes) is 2. The van der Waals surface area contributed by atoms with Crippen LogP contribution < -0.4 is 9.47 Å². The highest BCUT2D eigenvalue weighted by molar-refractivity contribution is 6.03. The molecular weight excluding hydrogens is 839 g/mol. The molecule has 2 aliphatic carbocycles. The maximum Gasteiger partial charge on any atom is 0.410 e. The first-order valence-electron chi connectivity index (χ1n) is 23.0. The Morgan fingerprint density at radius 1 is 0.939 bits per heavy atom. The Kier molecular flexibility index (Phi) is 15.6. The van der Waals surface area contributed by atoms with Crippen LogP contribution in [0.2, 0.25) is 0 Å². The third-order valence-corrected chi connectivity index (χ3v) is 12.8. The summed E-state index contributed by atoms with van der Waals surface area (Å²) in [7, 11) is 1.70. The highest BCUT2D eigenvalue weighted by Gasteiger charge is 2.65. The summed E-state index contributed by atoms with van der Waals surface area (Å²) in [6, 6.07) is 29.4. The zero-order chi connectivity index (χ0) is 46.8. The number of benzene rings is 4. The Bertz CT molecular complexity index is 2340. The van der Waals surface area contributed by atoms with Crippen molar-refractivity contribution in [1.29, 1.82) is 0 Å². The number of oxime groups is 1. The van der Waals surface area contributed by atoms with Gasteiger partial charge >= 0.3 is 6.09 Å². The van der Waals surface area contributed by atoms with Gasteiger partial charge in [0.05, 0.1) is 29.8 Å². The van der Waals surface area contributed by atoms with Gasteiger partial charge in [0, 0.05) is 50.3 Å². The summed E-state index contributed by atoms with van der Waals surface area (Å²) in [5.74, 6) is -0.306. The van der Waals surface area contributed by atoms with Gasteiger partial charge in [-0.2, -0.15) is 0 Å². The Balaban J connectivity index is 1.36. The largest absolute Gasteiger partial charge is 0.459 e. The molecule has 0 bridgehead atoms. The van der Waals surface area contributed by atoms with Crippen molar-refractivity contribution in [2.75, 3.05) is 33.5 Å². The molecule has 0 radical (unpaired) electrons. The van der Waals surface area contributed by atoms with Gasteiger partial charge in [0.2, 0.25) is 5.79 Å². The van der Waals surface area contributed by atoms with E-state index in [9.17, 15) is 25.1 Å². The van der Waals surface area contributed by atoms with Gasteiger partial charge in [-0.05, 0) is 108 Å². The molecule has 13 heteroatoms. The minimum Gasteiger partial charge on any atom is -0.459 e. The number of amides is 1. The molecule has 1 aliphatic heterocycles. The molecule has 66 heavy (non-hydrogen) atoms. The predicted molar refractivity (Wildman–Crippen MR) is 253 cm³/mol. The lowest BCUT2D eigenvalue weighted by Crippen LogP contribution is -2.69. The summed E-state index contributed by atoms with van der Waals surface area (Å²) < 4.78 is 26.8. The van der Waals surface area contributed by atoms with Gasteiger partial charge in [-0.3, -0.25) is 10.1 Å². The molecule has 4 aromatic rings. The summed E-state index contributed by atoms with van der Waals surface area (Å²) in [5.41, 5.74) is 4.98. The van der Waals surface area contributed by atoms with E-state index in [0.717, 1.165) is 47.9 Å². The van der Waals surface area contributed by atoms with Gasteiger partial charge < -0.3 is 38.9 Å². The number of nitro benzene ring substituents is 1. The van der Waals surface area contributed by atoms with Crippen LogP contribution in [0.4, 0.5) is 10.5 Å². The van der Waals surface area contributed by atoms with Gasteiger partial charge in [-0.1, -0.05) is 93.4 Å². The Hall–Kier alpha value is -6.02. The van der Waals surface area contributed by atoms with Crippen LogP contribution >= 0.6 is 0 Å². The molecule has 1 saturated carbocycles. The number of carbonyl (C=O) groups is 1. The number of fused-ring (bicyclic) bond motifs is 2. The van der Waals surface area contributed by atoms with Crippen LogP contribution in [0.3, 0.4) is 0 Å². The quantitative estimate of drug-likeness (QED) is 0.0378. The topological polar surface area (TPSA) is 162 Å². The van der Waals surface area contributed by atoms with Crippen molar-refractivity contribution in [1.82, 2.24) is 4.90 Å². The lowest BCUT2D eigenvalue weighted by atomic mass is 9.55. The van der Waals surface area contributed by atoms with Crippen LogP contribution in [0, 0.1) is 33.3 Å². The van der Waals surface area contributed by atoms with Crippen molar-refractivity contribution < 1.29 is 43.7 Å². The fourth-order valence-electron chi connectivity index (χ4n) is 9.68. The number of likely N-dealkylation sites (N-methyl/N-ethyl adjacent to an activating group) is 1. The lowest BCUT2D eigenvalue weighted by Gasteiger charge is -2.59. The summed E-state index contributed by atoms with van der Waals surface area (Å²) in [4.78, 5) is 32.8. The highest BCUT2D eigenvalue weighted by atomic mass is 16.7. The van der Waals surface area contributed by atoms with Crippen molar-refractivity contribution in [2.24, 2.45) is 28.3 Å². The summed E-state index contributed by atoms with van der Waals surface area (Å²) >= 11 is 0. The fourth-order valence-corrected chi connectivity index (χ4v) is 9.68. The maximum atomic E-state index is 14.2. The van der Waals surface area contributed by atoms with Crippen LogP contribution in [0.15, 0.2) is 127 Å². The standard InChI is InChI=1S/C53H63N3O10/c1-6-30-63-53-48(55(5)51(59)62-35-52(2,3)4)33-46(54-64-34-36-18-22-40(23-19-36)56(60)61)44-31-39(16-10-12-28-57)43(17-11-13-29-58)49(50(44)53)45-32-42(26-27-47(45)66-53)65-41-24-20-38(21-25-41)37-14-8-7-9-15-37/h6-9,14-15,18-27,31-32,39,43,48-50,57-58H,1,10-13,16-17,28-30,33-35H2,2-5H3. The molecule has 0 aromatic heterocycles. The first kappa shape index (κ1) is 47.9. The van der Waals surface area contributed by atoms with E-state index in [-0.39, 0.29) is 68.3 Å².